The van der Waals surface area contributed by atoms with Gasteiger partial charge < -0.3 is 9.88 Å². The molecule has 112 valence electrons. The summed E-state index contributed by atoms with van der Waals surface area (Å²) in [6.45, 7) is 5.16. The highest BCUT2D eigenvalue weighted by Crippen LogP contribution is 2.24. The van der Waals surface area contributed by atoms with Crippen LogP contribution in [-0.2, 0) is 17.8 Å². The highest BCUT2D eigenvalue weighted by molar-refractivity contribution is 5.93. The average molecular weight is 285 g/mol. The third-order valence-electron chi connectivity index (χ3n) is 3.99. The molecule has 1 N–H and O–H groups in total. The van der Waals surface area contributed by atoms with Crippen LogP contribution in [0.1, 0.15) is 45.4 Å². The molecule has 2 heterocycles. The van der Waals surface area contributed by atoms with Gasteiger partial charge in [-0.25, -0.2) is 4.98 Å². The van der Waals surface area contributed by atoms with E-state index in [0.29, 0.717) is 12.3 Å². The van der Waals surface area contributed by atoms with E-state index in [-0.39, 0.29) is 5.91 Å². The zero-order valence-corrected chi connectivity index (χ0v) is 12.9. The van der Waals surface area contributed by atoms with Gasteiger partial charge in [-0.2, -0.15) is 0 Å². The van der Waals surface area contributed by atoms with E-state index in [0.717, 1.165) is 24.2 Å². The van der Waals surface area contributed by atoms with Crippen molar-refractivity contribution in [2.75, 3.05) is 5.32 Å². The minimum Gasteiger partial charge on any atom is -0.328 e. The fourth-order valence-electron chi connectivity index (χ4n) is 3.01. The molecule has 1 aromatic carbocycles. The van der Waals surface area contributed by atoms with Gasteiger partial charge >= 0.3 is 0 Å². The number of amides is 1. The molecule has 0 spiro atoms. The van der Waals surface area contributed by atoms with Gasteiger partial charge in [0.25, 0.3) is 0 Å². The van der Waals surface area contributed by atoms with Crippen LogP contribution in [0.4, 0.5) is 5.69 Å². The number of imidazole rings is 1. The summed E-state index contributed by atoms with van der Waals surface area (Å²) in [5.41, 5.74) is 3.03. The molecule has 21 heavy (non-hydrogen) atoms. The summed E-state index contributed by atoms with van der Waals surface area (Å²) in [4.78, 5) is 16.6. The summed E-state index contributed by atoms with van der Waals surface area (Å²) >= 11 is 0. The number of hydrogen-bond donors (Lipinski definition) is 1. The standard InChI is InChI=1S/C17H23N3O/c1-12(2)10-17(21)18-13-7-8-15-14(11-13)19-16-6-4-3-5-9-20(15)16/h7-8,11-12H,3-6,9-10H2,1-2H3,(H,18,21). The summed E-state index contributed by atoms with van der Waals surface area (Å²) in [6, 6.07) is 6.07. The van der Waals surface area contributed by atoms with Crippen molar-refractivity contribution in [3.63, 3.8) is 0 Å². The highest BCUT2D eigenvalue weighted by atomic mass is 16.1. The second kappa shape index (κ2) is 5.88. The molecular weight excluding hydrogens is 262 g/mol. The van der Waals surface area contributed by atoms with Gasteiger partial charge in [0.15, 0.2) is 0 Å². The van der Waals surface area contributed by atoms with Crippen LogP contribution in [0.25, 0.3) is 11.0 Å². The van der Waals surface area contributed by atoms with E-state index >= 15 is 0 Å². The second-order valence-corrected chi connectivity index (χ2v) is 6.34. The van der Waals surface area contributed by atoms with Crippen molar-refractivity contribution in [2.24, 2.45) is 5.92 Å². The Hall–Kier alpha value is -1.84. The lowest BCUT2D eigenvalue weighted by Gasteiger charge is -2.08. The van der Waals surface area contributed by atoms with E-state index in [1.165, 1.54) is 30.6 Å². The fourth-order valence-corrected chi connectivity index (χ4v) is 3.01. The molecule has 0 atom stereocenters. The number of aromatic nitrogens is 2. The average Bonchev–Trinajstić information content (AvgIpc) is 2.59. The number of aryl methyl sites for hydroxylation is 2. The molecule has 0 saturated heterocycles. The van der Waals surface area contributed by atoms with Crippen LogP contribution in [0.3, 0.4) is 0 Å². The molecule has 2 aromatic rings. The highest BCUT2D eigenvalue weighted by Gasteiger charge is 2.14. The van der Waals surface area contributed by atoms with E-state index in [2.05, 4.69) is 29.8 Å². The number of nitrogens with zero attached hydrogens (tertiary/aromatic N) is 2. The molecule has 3 rings (SSSR count). The number of carbonyl (C=O) groups is 1. The van der Waals surface area contributed by atoms with Crippen LogP contribution in [0, 0.1) is 5.92 Å². The number of carbonyl (C=O) groups excluding carboxylic acids is 1. The van der Waals surface area contributed by atoms with E-state index in [1.54, 1.807) is 0 Å². The zero-order chi connectivity index (χ0) is 14.8. The van der Waals surface area contributed by atoms with Gasteiger partial charge in [-0.1, -0.05) is 20.3 Å². The summed E-state index contributed by atoms with van der Waals surface area (Å²) in [6.07, 6.45) is 5.35. The Bertz CT molecular complexity index is 657. The minimum atomic E-state index is 0.0742. The van der Waals surface area contributed by atoms with Gasteiger partial charge in [0.2, 0.25) is 5.91 Å². The maximum Gasteiger partial charge on any atom is 0.224 e. The summed E-state index contributed by atoms with van der Waals surface area (Å²) in [5.74, 6) is 1.63. The number of hydrogen-bond acceptors (Lipinski definition) is 2. The Morgan fingerprint density at radius 1 is 1.33 bits per heavy atom. The van der Waals surface area contributed by atoms with Gasteiger partial charge in [-0.05, 0) is 37.0 Å². The monoisotopic (exact) mass is 285 g/mol. The molecule has 0 fully saturated rings. The van der Waals surface area contributed by atoms with Crippen molar-refractivity contribution in [3.05, 3.63) is 24.0 Å². The molecule has 4 nitrogen and oxygen atoms in total. The van der Waals surface area contributed by atoms with Gasteiger partial charge in [0.05, 0.1) is 11.0 Å². The normalized spacial score (nSPS) is 15.0. The Labute approximate surface area is 125 Å². The van der Waals surface area contributed by atoms with Crippen molar-refractivity contribution in [1.82, 2.24) is 9.55 Å². The Kier molecular flexibility index (Phi) is 3.95. The van der Waals surface area contributed by atoms with Crippen molar-refractivity contribution in [3.8, 4) is 0 Å². The first-order valence-corrected chi connectivity index (χ1v) is 7.92. The van der Waals surface area contributed by atoms with Crippen LogP contribution in [0.5, 0.6) is 0 Å². The van der Waals surface area contributed by atoms with Crippen molar-refractivity contribution >= 4 is 22.6 Å². The van der Waals surface area contributed by atoms with E-state index in [4.69, 9.17) is 4.98 Å². The predicted molar refractivity (Wildman–Crippen MR) is 85.4 cm³/mol. The number of rotatable bonds is 3. The molecule has 1 aliphatic heterocycles. The SMILES string of the molecule is CC(C)CC(=O)Nc1ccc2c(c1)nc1n2CCCCC1. The third kappa shape index (κ3) is 3.09. The topological polar surface area (TPSA) is 46.9 Å². The molecular formula is C17H23N3O. The maximum atomic E-state index is 11.9. The lowest BCUT2D eigenvalue weighted by atomic mass is 10.1. The van der Waals surface area contributed by atoms with E-state index in [1.807, 2.05) is 12.1 Å². The quantitative estimate of drug-likeness (QED) is 0.933. The van der Waals surface area contributed by atoms with E-state index in [9.17, 15) is 4.79 Å². The summed E-state index contributed by atoms with van der Waals surface area (Å²) in [5, 5.41) is 2.97. The number of anilines is 1. The van der Waals surface area contributed by atoms with Gasteiger partial charge in [0.1, 0.15) is 5.82 Å². The van der Waals surface area contributed by atoms with E-state index < -0.39 is 0 Å². The lowest BCUT2D eigenvalue weighted by molar-refractivity contribution is -0.116. The van der Waals surface area contributed by atoms with Crippen LogP contribution in [0.15, 0.2) is 18.2 Å². The first-order chi connectivity index (χ1) is 10.1. The fraction of sp³-hybridized carbons (Fsp3) is 0.529. The lowest BCUT2D eigenvalue weighted by Crippen LogP contribution is -2.13. The van der Waals surface area contributed by atoms with Crippen molar-refractivity contribution in [2.45, 2.75) is 52.5 Å². The van der Waals surface area contributed by atoms with Crippen LogP contribution >= 0.6 is 0 Å². The third-order valence-corrected chi connectivity index (χ3v) is 3.99. The molecule has 0 saturated carbocycles. The number of fused-ring (bicyclic) bond motifs is 3. The number of nitrogens with one attached hydrogen (secondary N) is 1. The number of benzene rings is 1. The van der Waals surface area contributed by atoms with Crippen LogP contribution in [0.2, 0.25) is 0 Å². The molecule has 0 bridgehead atoms. The molecule has 0 aliphatic carbocycles. The van der Waals surface area contributed by atoms with Crippen LogP contribution < -0.4 is 5.32 Å². The first-order valence-electron chi connectivity index (χ1n) is 7.92. The summed E-state index contributed by atoms with van der Waals surface area (Å²) in [7, 11) is 0. The smallest absolute Gasteiger partial charge is 0.224 e. The predicted octanol–water partition coefficient (Wildman–Crippen LogP) is 3.75. The second-order valence-electron chi connectivity index (χ2n) is 6.34. The maximum absolute atomic E-state index is 11.9. The van der Waals surface area contributed by atoms with Crippen molar-refractivity contribution < 1.29 is 4.79 Å². The van der Waals surface area contributed by atoms with Gasteiger partial charge in [0, 0.05) is 25.1 Å². The summed E-state index contributed by atoms with van der Waals surface area (Å²) < 4.78 is 2.34. The Morgan fingerprint density at radius 3 is 3.00 bits per heavy atom. The van der Waals surface area contributed by atoms with Crippen molar-refractivity contribution in [1.29, 1.82) is 0 Å². The molecule has 1 aliphatic rings. The van der Waals surface area contributed by atoms with Gasteiger partial charge in [-0.3, -0.25) is 4.79 Å². The largest absolute Gasteiger partial charge is 0.328 e. The molecule has 0 unspecified atom stereocenters. The zero-order valence-electron chi connectivity index (χ0n) is 12.9. The molecule has 4 heteroatoms. The van der Waals surface area contributed by atoms with Crippen LogP contribution in [-0.4, -0.2) is 15.5 Å². The van der Waals surface area contributed by atoms with Gasteiger partial charge in [-0.15, -0.1) is 0 Å². The Balaban J connectivity index is 1.85. The Morgan fingerprint density at radius 2 is 2.19 bits per heavy atom. The molecule has 0 radical (unpaired) electrons. The molecule has 1 amide bonds. The molecule has 1 aromatic heterocycles. The first kappa shape index (κ1) is 14.1. The minimum absolute atomic E-state index is 0.0742.